The highest BCUT2D eigenvalue weighted by Gasteiger charge is 2.14. The molecule has 0 bridgehead atoms. The predicted molar refractivity (Wildman–Crippen MR) is 89.0 cm³/mol. The third-order valence-corrected chi connectivity index (χ3v) is 4.25. The standard InChI is InChI=1S/C15H21BrClFN2O/c1-2-3-10(6-7-19)4-5-14(21)20-15-12(16)8-11(18)9-13(15)17/h8-10H,2-7,19H2,1H3,(H,20,21). The first kappa shape index (κ1) is 18.4. The van der Waals surface area contributed by atoms with Crippen LogP contribution in [0.1, 0.15) is 39.0 Å². The minimum absolute atomic E-state index is 0.123. The van der Waals surface area contributed by atoms with Gasteiger partial charge in [-0.1, -0.05) is 31.4 Å². The summed E-state index contributed by atoms with van der Waals surface area (Å²) in [7, 11) is 0. The SMILES string of the molecule is CCCC(CCN)CCC(=O)Nc1c(Cl)cc(F)cc1Br. The molecule has 3 nitrogen and oxygen atoms in total. The fraction of sp³-hybridized carbons (Fsp3) is 0.533. The number of carbonyl (C=O) groups excluding carboxylic acids is 1. The van der Waals surface area contributed by atoms with Crippen LogP contribution in [-0.4, -0.2) is 12.5 Å². The number of hydrogen-bond acceptors (Lipinski definition) is 2. The number of nitrogens with two attached hydrogens (primary N) is 1. The average molecular weight is 380 g/mol. The first-order valence-corrected chi connectivity index (χ1v) is 8.29. The molecule has 0 fully saturated rings. The van der Waals surface area contributed by atoms with Gasteiger partial charge in [-0.25, -0.2) is 4.39 Å². The molecule has 0 aromatic heterocycles. The molecule has 1 aromatic rings. The average Bonchev–Trinajstić information content (AvgIpc) is 2.40. The van der Waals surface area contributed by atoms with Crippen molar-refractivity contribution in [3.8, 4) is 0 Å². The Morgan fingerprint density at radius 2 is 2.14 bits per heavy atom. The van der Waals surface area contributed by atoms with Gasteiger partial charge in [-0.3, -0.25) is 4.79 Å². The fourth-order valence-electron chi connectivity index (χ4n) is 2.28. The molecule has 1 atom stereocenters. The lowest BCUT2D eigenvalue weighted by molar-refractivity contribution is -0.116. The van der Waals surface area contributed by atoms with Crippen molar-refractivity contribution in [3.05, 3.63) is 27.4 Å². The molecule has 1 unspecified atom stereocenters. The van der Waals surface area contributed by atoms with Gasteiger partial charge < -0.3 is 11.1 Å². The first-order valence-electron chi connectivity index (χ1n) is 7.12. The van der Waals surface area contributed by atoms with Crippen molar-refractivity contribution in [2.75, 3.05) is 11.9 Å². The van der Waals surface area contributed by atoms with Gasteiger partial charge in [-0.05, 0) is 53.4 Å². The smallest absolute Gasteiger partial charge is 0.224 e. The van der Waals surface area contributed by atoms with Crippen LogP contribution in [0.15, 0.2) is 16.6 Å². The molecule has 0 spiro atoms. The van der Waals surface area contributed by atoms with Crippen LogP contribution in [0, 0.1) is 11.7 Å². The zero-order valence-corrected chi connectivity index (χ0v) is 14.4. The molecule has 0 aliphatic heterocycles. The fourth-order valence-corrected chi connectivity index (χ4v) is 3.17. The highest BCUT2D eigenvalue weighted by molar-refractivity contribution is 9.10. The second kappa shape index (κ2) is 9.38. The molecule has 6 heteroatoms. The Labute approximate surface area is 138 Å². The van der Waals surface area contributed by atoms with E-state index in [0.717, 1.165) is 25.7 Å². The normalized spacial score (nSPS) is 12.2. The number of carbonyl (C=O) groups is 1. The number of benzene rings is 1. The van der Waals surface area contributed by atoms with Gasteiger partial charge in [0, 0.05) is 10.9 Å². The minimum atomic E-state index is -0.448. The van der Waals surface area contributed by atoms with Gasteiger partial charge in [0.2, 0.25) is 5.91 Å². The van der Waals surface area contributed by atoms with Crippen molar-refractivity contribution in [2.24, 2.45) is 11.7 Å². The van der Waals surface area contributed by atoms with Crippen molar-refractivity contribution in [1.82, 2.24) is 0 Å². The van der Waals surface area contributed by atoms with E-state index in [1.807, 2.05) is 0 Å². The quantitative estimate of drug-likeness (QED) is 0.686. The third-order valence-electron chi connectivity index (χ3n) is 3.32. The van der Waals surface area contributed by atoms with Crippen LogP contribution < -0.4 is 11.1 Å². The van der Waals surface area contributed by atoms with Gasteiger partial charge in [-0.15, -0.1) is 0 Å². The summed E-state index contributed by atoms with van der Waals surface area (Å²) in [6.45, 7) is 2.76. The van der Waals surface area contributed by atoms with E-state index in [2.05, 4.69) is 28.2 Å². The molecule has 118 valence electrons. The van der Waals surface area contributed by atoms with Crippen LogP contribution in [0.2, 0.25) is 5.02 Å². The number of amides is 1. The zero-order valence-electron chi connectivity index (χ0n) is 12.1. The van der Waals surface area contributed by atoms with E-state index >= 15 is 0 Å². The first-order chi connectivity index (χ1) is 9.97. The lowest BCUT2D eigenvalue weighted by Crippen LogP contribution is -2.16. The molecule has 3 N–H and O–H groups in total. The second-order valence-electron chi connectivity index (χ2n) is 5.06. The van der Waals surface area contributed by atoms with Gasteiger partial charge in [0.05, 0.1) is 10.7 Å². The van der Waals surface area contributed by atoms with Crippen LogP contribution in [0.4, 0.5) is 10.1 Å². The van der Waals surface area contributed by atoms with Gasteiger partial charge in [0.1, 0.15) is 5.82 Å². The van der Waals surface area contributed by atoms with Crippen LogP contribution >= 0.6 is 27.5 Å². The monoisotopic (exact) mass is 378 g/mol. The summed E-state index contributed by atoms with van der Waals surface area (Å²) in [4.78, 5) is 12.0. The molecular weight excluding hydrogens is 359 g/mol. The number of nitrogens with one attached hydrogen (secondary N) is 1. The van der Waals surface area contributed by atoms with E-state index in [4.69, 9.17) is 17.3 Å². The Morgan fingerprint density at radius 1 is 1.43 bits per heavy atom. The molecule has 1 amide bonds. The van der Waals surface area contributed by atoms with Crippen molar-refractivity contribution < 1.29 is 9.18 Å². The maximum absolute atomic E-state index is 13.1. The van der Waals surface area contributed by atoms with Crippen LogP contribution in [0.25, 0.3) is 0 Å². The van der Waals surface area contributed by atoms with E-state index in [0.29, 0.717) is 29.0 Å². The van der Waals surface area contributed by atoms with Gasteiger partial charge >= 0.3 is 0 Å². The Morgan fingerprint density at radius 3 is 2.71 bits per heavy atom. The molecule has 1 rings (SSSR count). The molecule has 0 saturated heterocycles. The summed E-state index contributed by atoms with van der Waals surface area (Å²) in [5, 5.41) is 2.91. The van der Waals surface area contributed by atoms with E-state index in [1.54, 1.807) is 0 Å². The highest BCUT2D eigenvalue weighted by atomic mass is 79.9. The molecule has 1 aromatic carbocycles. The number of halogens is 3. The molecule has 0 heterocycles. The Kier molecular flexibility index (Phi) is 8.22. The van der Waals surface area contributed by atoms with Crippen molar-refractivity contribution in [2.45, 2.75) is 39.0 Å². The number of rotatable bonds is 8. The van der Waals surface area contributed by atoms with Crippen molar-refractivity contribution in [3.63, 3.8) is 0 Å². The van der Waals surface area contributed by atoms with E-state index < -0.39 is 5.82 Å². The second-order valence-corrected chi connectivity index (χ2v) is 6.32. The molecule has 21 heavy (non-hydrogen) atoms. The summed E-state index contributed by atoms with van der Waals surface area (Å²) in [6.07, 6.45) is 4.30. The molecular formula is C15H21BrClFN2O. The highest BCUT2D eigenvalue weighted by Crippen LogP contribution is 2.32. The molecule has 0 aliphatic rings. The largest absolute Gasteiger partial charge is 0.330 e. The maximum atomic E-state index is 13.1. The topological polar surface area (TPSA) is 55.1 Å². The lowest BCUT2D eigenvalue weighted by Gasteiger charge is -2.15. The van der Waals surface area contributed by atoms with E-state index in [-0.39, 0.29) is 10.9 Å². The summed E-state index contributed by atoms with van der Waals surface area (Å²) >= 11 is 9.14. The van der Waals surface area contributed by atoms with E-state index in [1.165, 1.54) is 12.1 Å². The lowest BCUT2D eigenvalue weighted by atomic mass is 9.94. The third kappa shape index (κ3) is 6.32. The van der Waals surface area contributed by atoms with Gasteiger partial charge in [0.15, 0.2) is 0 Å². The zero-order chi connectivity index (χ0) is 15.8. The van der Waals surface area contributed by atoms with E-state index in [9.17, 15) is 9.18 Å². The van der Waals surface area contributed by atoms with Crippen molar-refractivity contribution in [1.29, 1.82) is 0 Å². The Hall–Kier alpha value is -0.650. The molecule has 0 radical (unpaired) electrons. The number of hydrogen-bond donors (Lipinski definition) is 2. The summed E-state index contributed by atoms with van der Waals surface area (Å²) in [5.41, 5.74) is 5.99. The van der Waals surface area contributed by atoms with Crippen molar-refractivity contribution >= 4 is 39.1 Å². The minimum Gasteiger partial charge on any atom is -0.330 e. The molecule has 0 saturated carbocycles. The summed E-state index contributed by atoms with van der Waals surface area (Å²) < 4.78 is 13.6. The molecule has 0 aliphatic carbocycles. The van der Waals surface area contributed by atoms with Crippen LogP contribution in [0.5, 0.6) is 0 Å². The predicted octanol–water partition coefficient (Wildman–Crippen LogP) is 4.73. The summed E-state index contributed by atoms with van der Waals surface area (Å²) in [5.74, 6) is -0.101. The van der Waals surface area contributed by atoms with Crippen LogP contribution in [0.3, 0.4) is 0 Å². The number of anilines is 1. The van der Waals surface area contributed by atoms with Crippen LogP contribution in [-0.2, 0) is 4.79 Å². The Bertz CT molecular complexity index is 456. The Balaban J connectivity index is 2.57. The van der Waals surface area contributed by atoms with Gasteiger partial charge in [0.25, 0.3) is 0 Å². The summed E-state index contributed by atoms with van der Waals surface area (Å²) in [6, 6.07) is 2.45. The van der Waals surface area contributed by atoms with Gasteiger partial charge in [-0.2, -0.15) is 0 Å². The maximum Gasteiger partial charge on any atom is 0.224 e.